The van der Waals surface area contributed by atoms with E-state index >= 15 is 0 Å². The lowest BCUT2D eigenvalue weighted by Gasteiger charge is -2.08. The summed E-state index contributed by atoms with van der Waals surface area (Å²) in [5.74, 6) is 0.474. The van der Waals surface area contributed by atoms with Gasteiger partial charge in [0.15, 0.2) is 0 Å². The zero-order valence-electron chi connectivity index (χ0n) is 6.44. The highest BCUT2D eigenvalue weighted by atomic mass is 127. The number of hydrogen-bond acceptors (Lipinski definition) is 4. The molecule has 0 amide bonds. The molecule has 1 aromatic heterocycles. The molecule has 1 heterocycles. The van der Waals surface area contributed by atoms with Crippen LogP contribution in [0.3, 0.4) is 0 Å². The van der Waals surface area contributed by atoms with Crippen LogP contribution < -0.4 is 5.73 Å². The number of halogens is 1. The van der Waals surface area contributed by atoms with Crippen molar-refractivity contribution >= 4 is 22.6 Å². The lowest BCUT2D eigenvalue weighted by Crippen LogP contribution is -2.18. The van der Waals surface area contributed by atoms with Crippen LogP contribution in [0.5, 0.6) is 0 Å². The van der Waals surface area contributed by atoms with E-state index in [1.807, 2.05) is 0 Å². The average Bonchev–Trinajstić information content (AvgIpc) is 2.10. The molecular weight excluding hydrogens is 269 g/mol. The molecule has 1 aromatic rings. The number of hydrogen-bond donors (Lipinski definition) is 2. The largest absolute Gasteiger partial charge is 0.396 e. The Labute approximate surface area is 84.4 Å². The van der Waals surface area contributed by atoms with E-state index in [4.69, 9.17) is 10.8 Å². The van der Waals surface area contributed by atoms with Gasteiger partial charge in [-0.25, -0.2) is 9.97 Å². The van der Waals surface area contributed by atoms with Gasteiger partial charge in [0.2, 0.25) is 0 Å². The summed E-state index contributed by atoms with van der Waals surface area (Å²) in [4.78, 5) is 8.12. The third-order valence-electron chi connectivity index (χ3n) is 1.51. The van der Waals surface area contributed by atoms with Gasteiger partial charge in [0, 0.05) is 22.5 Å². The summed E-state index contributed by atoms with van der Waals surface area (Å²) in [6, 6.07) is 0. The Bertz CT molecular complexity index is 235. The molecule has 1 atom stereocenters. The van der Waals surface area contributed by atoms with Crippen molar-refractivity contribution in [3.63, 3.8) is 0 Å². The highest BCUT2D eigenvalue weighted by molar-refractivity contribution is 14.1. The van der Waals surface area contributed by atoms with E-state index in [0.29, 0.717) is 12.4 Å². The summed E-state index contributed by atoms with van der Waals surface area (Å²) in [5, 5.41) is 8.89. The van der Waals surface area contributed by atoms with Crippen LogP contribution in [-0.4, -0.2) is 28.2 Å². The number of aliphatic hydroxyl groups excluding tert-OH is 1. The fourth-order valence-corrected chi connectivity index (χ4v) is 1.07. The molecule has 5 heteroatoms. The van der Waals surface area contributed by atoms with Gasteiger partial charge >= 0.3 is 0 Å². The Morgan fingerprint density at radius 1 is 1.50 bits per heavy atom. The maximum atomic E-state index is 8.89. The summed E-state index contributed by atoms with van der Waals surface area (Å²) in [7, 11) is 0. The van der Waals surface area contributed by atoms with E-state index in [1.54, 1.807) is 12.4 Å². The van der Waals surface area contributed by atoms with Gasteiger partial charge in [-0.05, 0) is 22.6 Å². The average molecular weight is 279 g/mol. The maximum Gasteiger partial charge on any atom is 0.134 e. The van der Waals surface area contributed by atoms with Gasteiger partial charge in [0.25, 0.3) is 0 Å². The maximum absolute atomic E-state index is 8.89. The second-order valence-corrected chi connectivity index (χ2v) is 3.62. The summed E-state index contributed by atoms with van der Waals surface area (Å²) >= 11 is 2.13. The van der Waals surface area contributed by atoms with Crippen molar-refractivity contribution in [2.45, 2.75) is 5.92 Å². The smallest absolute Gasteiger partial charge is 0.134 e. The molecule has 0 saturated heterocycles. The van der Waals surface area contributed by atoms with Crippen molar-refractivity contribution in [3.05, 3.63) is 21.8 Å². The quantitative estimate of drug-likeness (QED) is 0.771. The summed E-state index contributed by atoms with van der Waals surface area (Å²) in [5.41, 5.74) is 5.41. The molecule has 0 bridgehead atoms. The van der Waals surface area contributed by atoms with Crippen LogP contribution in [0.25, 0.3) is 0 Å². The first-order valence-electron chi connectivity index (χ1n) is 3.56. The minimum absolute atomic E-state index is 0.00288. The molecule has 4 nitrogen and oxygen atoms in total. The molecular formula is C7H10IN3O. The molecule has 0 spiro atoms. The second kappa shape index (κ2) is 4.68. The highest BCUT2D eigenvalue weighted by Gasteiger charge is 2.10. The third-order valence-corrected chi connectivity index (χ3v) is 2.07. The van der Waals surface area contributed by atoms with Crippen molar-refractivity contribution in [1.29, 1.82) is 0 Å². The first-order chi connectivity index (χ1) is 5.77. The predicted molar refractivity (Wildman–Crippen MR) is 53.6 cm³/mol. The lowest BCUT2D eigenvalue weighted by molar-refractivity contribution is 0.263. The number of nitrogens with two attached hydrogens (primary N) is 1. The molecule has 12 heavy (non-hydrogen) atoms. The topological polar surface area (TPSA) is 72.0 Å². The zero-order chi connectivity index (χ0) is 8.97. The van der Waals surface area contributed by atoms with Gasteiger partial charge in [-0.1, -0.05) is 0 Å². The lowest BCUT2D eigenvalue weighted by atomic mass is 10.1. The van der Waals surface area contributed by atoms with Gasteiger partial charge in [0.05, 0.1) is 12.5 Å². The van der Waals surface area contributed by atoms with E-state index in [9.17, 15) is 0 Å². The number of aromatic nitrogens is 2. The molecule has 0 saturated carbocycles. The number of nitrogens with zero attached hydrogens (tertiary/aromatic N) is 2. The molecule has 66 valence electrons. The minimum Gasteiger partial charge on any atom is -0.396 e. The molecule has 1 unspecified atom stereocenters. The van der Waals surface area contributed by atoms with E-state index in [0.717, 1.165) is 3.57 Å². The van der Waals surface area contributed by atoms with Gasteiger partial charge in [-0.3, -0.25) is 0 Å². The second-order valence-electron chi connectivity index (χ2n) is 2.37. The van der Waals surface area contributed by atoms with E-state index in [-0.39, 0.29) is 12.5 Å². The van der Waals surface area contributed by atoms with Gasteiger partial charge in [-0.2, -0.15) is 0 Å². The van der Waals surface area contributed by atoms with E-state index in [1.165, 1.54) is 0 Å². The Morgan fingerprint density at radius 2 is 2.08 bits per heavy atom. The molecule has 0 radical (unpaired) electrons. The summed E-state index contributed by atoms with van der Waals surface area (Å²) in [6.45, 7) is 0.369. The Hall–Kier alpha value is -0.270. The van der Waals surface area contributed by atoms with Crippen LogP contribution in [0, 0.1) is 3.57 Å². The molecule has 0 aromatic carbocycles. The van der Waals surface area contributed by atoms with Crippen LogP contribution in [0.2, 0.25) is 0 Å². The fourth-order valence-electron chi connectivity index (χ4n) is 0.795. The summed E-state index contributed by atoms with van der Waals surface area (Å²) < 4.78 is 0.977. The minimum atomic E-state index is -0.137. The van der Waals surface area contributed by atoms with Crippen molar-refractivity contribution in [3.8, 4) is 0 Å². The van der Waals surface area contributed by atoms with Crippen LogP contribution in [0.15, 0.2) is 12.4 Å². The Kier molecular flexibility index (Phi) is 3.83. The first kappa shape index (κ1) is 9.82. The molecule has 0 aliphatic carbocycles. The van der Waals surface area contributed by atoms with Crippen molar-refractivity contribution in [2.24, 2.45) is 5.73 Å². The van der Waals surface area contributed by atoms with Crippen LogP contribution in [0.1, 0.15) is 11.7 Å². The van der Waals surface area contributed by atoms with Gasteiger partial charge in [0.1, 0.15) is 5.82 Å². The normalized spacial score (nSPS) is 12.9. The predicted octanol–water partition coefficient (Wildman–Crippen LogP) is 0.116. The Morgan fingerprint density at radius 3 is 2.50 bits per heavy atom. The van der Waals surface area contributed by atoms with Crippen LogP contribution in [0.4, 0.5) is 0 Å². The molecule has 1 rings (SSSR count). The Balaban J connectivity index is 2.80. The molecule has 0 fully saturated rings. The van der Waals surface area contributed by atoms with Crippen molar-refractivity contribution in [1.82, 2.24) is 9.97 Å². The monoisotopic (exact) mass is 279 g/mol. The van der Waals surface area contributed by atoms with Crippen molar-refractivity contribution in [2.75, 3.05) is 13.2 Å². The van der Waals surface area contributed by atoms with Gasteiger partial charge < -0.3 is 10.8 Å². The standard InChI is InChI=1S/C7H10IN3O/c8-6-2-10-7(11-3-6)5(1-9)4-12/h2-3,5,12H,1,4,9H2. The van der Waals surface area contributed by atoms with Crippen LogP contribution >= 0.6 is 22.6 Å². The first-order valence-corrected chi connectivity index (χ1v) is 4.64. The summed E-state index contributed by atoms with van der Waals surface area (Å²) in [6.07, 6.45) is 3.42. The number of aliphatic hydroxyl groups is 1. The number of rotatable bonds is 3. The van der Waals surface area contributed by atoms with Crippen molar-refractivity contribution < 1.29 is 5.11 Å². The SMILES string of the molecule is NCC(CO)c1ncc(I)cn1. The molecule has 0 aliphatic rings. The molecule has 3 N–H and O–H groups in total. The highest BCUT2D eigenvalue weighted by Crippen LogP contribution is 2.08. The third kappa shape index (κ3) is 2.36. The van der Waals surface area contributed by atoms with Crippen LogP contribution in [-0.2, 0) is 0 Å². The van der Waals surface area contributed by atoms with Gasteiger partial charge in [-0.15, -0.1) is 0 Å². The van der Waals surface area contributed by atoms with E-state index < -0.39 is 0 Å². The molecule has 0 aliphatic heterocycles. The fraction of sp³-hybridized carbons (Fsp3) is 0.429. The van der Waals surface area contributed by atoms with E-state index in [2.05, 4.69) is 32.6 Å². The zero-order valence-corrected chi connectivity index (χ0v) is 8.60.